The first kappa shape index (κ1) is 31.5. The highest BCUT2D eigenvalue weighted by molar-refractivity contribution is 9.24. The average Bonchev–Trinajstić information content (AvgIpc) is 3.31. The second-order valence-corrected chi connectivity index (χ2v) is 18.3. The average molecular weight is 602 g/mol. The Morgan fingerprint density at radius 1 is 0.579 bits per heavy atom. The summed E-state index contributed by atoms with van der Waals surface area (Å²) in [5.41, 5.74) is 7.82. The molecule has 0 bridgehead atoms. The van der Waals surface area contributed by atoms with Crippen LogP contribution < -0.4 is 7.58 Å². The summed E-state index contributed by atoms with van der Waals surface area (Å²) in [5.74, 6) is 2.02. The van der Waals surface area contributed by atoms with E-state index in [2.05, 4.69) is 121 Å². The second-order valence-electron chi connectivity index (χ2n) is 15.0. The Labute approximate surface area is 244 Å². The maximum absolute atomic E-state index is 6.62. The van der Waals surface area contributed by atoms with Gasteiger partial charge in [0.1, 0.15) is 0 Å². The van der Waals surface area contributed by atoms with Crippen LogP contribution in [-0.2, 0) is 32.8 Å². The van der Waals surface area contributed by atoms with E-state index in [0.29, 0.717) is 0 Å². The van der Waals surface area contributed by atoms with Crippen LogP contribution in [0.2, 0.25) is 0 Å². The van der Waals surface area contributed by atoms with Gasteiger partial charge in [-0.25, -0.2) is 0 Å². The van der Waals surface area contributed by atoms with Crippen LogP contribution in [0.15, 0.2) is 24.3 Å². The lowest BCUT2D eigenvalue weighted by atomic mass is 9.76. The first-order valence-corrected chi connectivity index (χ1v) is 18.3. The van der Waals surface area contributed by atoms with Crippen molar-refractivity contribution in [3.05, 3.63) is 57.6 Å². The number of hydrogen-bond acceptors (Lipinski definition) is 3. The molecule has 0 radical (unpaired) electrons. The molecule has 0 amide bonds. The molecule has 0 aromatic heterocycles. The van der Waals surface area contributed by atoms with Crippen molar-refractivity contribution in [1.82, 2.24) is 0 Å². The molecular formula is C33H50AlBrO3. The zero-order chi connectivity index (χ0) is 28.7. The summed E-state index contributed by atoms with van der Waals surface area (Å²) < 4.78 is 18.2. The number of fused-ring (bicyclic) bond motifs is 2. The van der Waals surface area contributed by atoms with Crippen LogP contribution >= 0.6 is 14.1 Å². The fraction of sp³-hybridized carbons (Fsp3) is 0.636. The number of rotatable bonds is 0. The third-order valence-electron chi connectivity index (χ3n) is 7.31. The van der Waals surface area contributed by atoms with Crippen molar-refractivity contribution in [2.24, 2.45) is 0 Å². The summed E-state index contributed by atoms with van der Waals surface area (Å²) in [6.45, 7) is 29.4. The summed E-state index contributed by atoms with van der Waals surface area (Å²) in [7, 11) is 0. The Morgan fingerprint density at radius 2 is 0.947 bits per heavy atom. The van der Waals surface area contributed by atoms with Crippen molar-refractivity contribution in [3.8, 4) is 11.5 Å². The van der Waals surface area contributed by atoms with E-state index in [9.17, 15) is 0 Å². The lowest BCUT2D eigenvalue weighted by Gasteiger charge is -2.34. The van der Waals surface area contributed by atoms with Gasteiger partial charge in [-0.15, -0.1) is 14.1 Å². The Morgan fingerprint density at radius 3 is 1.21 bits per heavy atom. The van der Waals surface area contributed by atoms with Gasteiger partial charge in [0.25, 0.3) is 0 Å². The normalized spacial score (nSPS) is 16.3. The molecule has 0 saturated carbocycles. The van der Waals surface area contributed by atoms with Crippen molar-refractivity contribution in [1.29, 1.82) is 0 Å². The predicted molar refractivity (Wildman–Crippen MR) is 166 cm³/mol. The number of halogens is 1. The smallest absolute Gasteiger partial charge is 0.603 e. The topological polar surface area (TPSA) is 27.7 Å². The molecule has 1 saturated heterocycles. The van der Waals surface area contributed by atoms with Crippen LogP contribution in [0.25, 0.3) is 0 Å². The largest absolute Gasteiger partial charge is 0.957 e. The zero-order valence-corrected chi connectivity index (χ0v) is 28.8. The molecule has 38 heavy (non-hydrogen) atoms. The molecule has 0 atom stereocenters. The first-order valence-electron chi connectivity index (χ1n) is 14.2. The lowest BCUT2D eigenvalue weighted by molar-refractivity contribution is 0.198. The summed E-state index contributed by atoms with van der Waals surface area (Å²) in [6.07, 6.45) is 3.36. The van der Waals surface area contributed by atoms with Crippen molar-refractivity contribution in [3.63, 3.8) is 0 Å². The van der Waals surface area contributed by atoms with Crippen LogP contribution in [0, 0.1) is 0 Å². The van der Waals surface area contributed by atoms with Crippen LogP contribution in [0.5, 0.6) is 11.5 Å². The zero-order valence-electron chi connectivity index (χ0n) is 26.0. The quantitative estimate of drug-likeness (QED) is 0.282. The minimum absolute atomic E-state index is 0.0294. The van der Waals surface area contributed by atoms with Gasteiger partial charge < -0.3 is 12.3 Å². The molecule has 2 aliphatic rings. The molecule has 2 aromatic rings. The highest BCUT2D eigenvalue weighted by Crippen LogP contribution is 2.45. The van der Waals surface area contributed by atoms with Crippen LogP contribution in [0.1, 0.15) is 129 Å². The van der Waals surface area contributed by atoms with Gasteiger partial charge in [0.15, 0.2) is 0 Å². The standard InChI is InChI=1S/C29H44O2.C4H8O.Al.BrH/c1-26(2,3)20-14-18(24(30)22(16-20)28(7,8)9)13-19-15-21(27(4,5)6)17-23(25(19)31)29(10,11)12;1-2-4-5-3-1;;/h14-17,30-31H,13H2,1-12H3;1-4H2;;1H/q;;+3;/p-3. The van der Waals surface area contributed by atoms with Gasteiger partial charge in [0, 0.05) is 19.6 Å². The van der Waals surface area contributed by atoms with E-state index in [0.717, 1.165) is 31.1 Å². The van der Waals surface area contributed by atoms with E-state index in [-0.39, 0.29) is 21.7 Å². The first-order chi connectivity index (χ1) is 17.3. The van der Waals surface area contributed by atoms with Gasteiger partial charge in [0.05, 0.1) is 11.5 Å². The van der Waals surface area contributed by atoms with E-state index in [1.807, 2.05) is 0 Å². The summed E-state index contributed by atoms with van der Waals surface area (Å²) >= 11 is 1.68. The Bertz CT molecular complexity index is 1030. The van der Waals surface area contributed by atoms with Gasteiger partial charge in [0.2, 0.25) is 0 Å². The fourth-order valence-electron chi connectivity index (χ4n) is 4.82. The highest BCUT2D eigenvalue weighted by Gasteiger charge is 2.38. The van der Waals surface area contributed by atoms with Crippen LogP contribution in [0.4, 0.5) is 0 Å². The molecular weight excluding hydrogens is 551 g/mol. The van der Waals surface area contributed by atoms with E-state index in [1.165, 1.54) is 46.2 Å². The van der Waals surface area contributed by atoms with Gasteiger partial charge >= 0.3 is 13.0 Å². The Kier molecular flexibility index (Phi) is 9.53. The van der Waals surface area contributed by atoms with Gasteiger partial charge in [-0.3, -0.25) is 0 Å². The van der Waals surface area contributed by atoms with E-state index < -0.39 is 13.0 Å². The minimum Gasteiger partial charge on any atom is -0.603 e. The van der Waals surface area contributed by atoms with Crippen molar-refractivity contribution < 1.29 is 12.3 Å². The van der Waals surface area contributed by atoms with Crippen molar-refractivity contribution in [2.45, 2.75) is 124 Å². The molecule has 210 valence electrons. The summed E-state index contributed by atoms with van der Waals surface area (Å²) in [5, 5.41) is 0. The van der Waals surface area contributed by atoms with Crippen molar-refractivity contribution in [2.75, 3.05) is 13.2 Å². The molecule has 2 aromatic carbocycles. The molecule has 5 heteroatoms. The van der Waals surface area contributed by atoms with Gasteiger partial charge in [-0.1, -0.05) is 107 Å². The number of hydrogen-bond donors (Lipinski definition) is 0. The molecule has 2 aliphatic heterocycles. The fourth-order valence-corrected chi connectivity index (χ4v) is 6.92. The third kappa shape index (κ3) is 7.81. The monoisotopic (exact) mass is 600 g/mol. The summed E-state index contributed by atoms with van der Waals surface area (Å²) in [4.78, 5) is 0. The molecule has 2 heterocycles. The van der Waals surface area contributed by atoms with Gasteiger partial charge in [-0.2, -0.15) is 0 Å². The van der Waals surface area contributed by atoms with Crippen LogP contribution in [0.3, 0.4) is 0 Å². The van der Waals surface area contributed by atoms with Crippen molar-refractivity contribution >= 4 is 27.0 Å². The molecule has 0 N–H and O–H groups in total. The second kappa shape index (κ2) is 11.5. The molecule has 3 nitrogen and oxygen atoms in total. The SMILES string of the molecule is C1CCOC1.CC(C)(C)c1cc2c(c(C(C)(C)C)c1)[O][Al]([Br])[O]c1c(cc(C(C)(C)C)cc1C(C)(C)C)C2. The molecule has 0 spiro atoms. The maximum Gasteiger partial charge on any atom is 0.957 e. The van der Waals surface area contributed by atoms with E-state index in [1.54, 1.807) is 0 Å². The maximum atomic E-state index is 6.62. The van der Waals surface area contributed by atoms with Crippen LogP contribution in [-0.4, -0.2) is 26.2 Å². The predicted octanol–water partition coefficient (Wildman–Crippen LogP) is 9.42. The van der Waals surface area contributed by atoms with E-state index >= 15 is 0 Å². The molecule has 4 rings (SSSR count). The molecule has 1 fully saturated rings. The third-order valence-corrected chi connectivity index (χ3v) is 9.27. The highest BCUT2D eigenvalue weighted by atomic mass is 79.9. The number of benzene rings is 2. The van der Waals surface area contributed by atoms with Gasteiger partial charge in [-0.05, 0) is 67.9 Å². The minimum atomic E-state index is -2.15. The summed E-state index contributed by atoms with van der Waals surface area (Å²) in [6, 6.07) is 9.44. The van der Waals surface area contributed by atoms with E-state index in [4.69, 9.17) is 12.3 Å². The lowest BCUT2D eigenvalue weighted by Crippen LogP contribution is -2.30. The Balaban J connectivity index is 0.000000715. The Hall–Kier alpha value is -0.988. The molecule has 0 unspecified atom stereocenters. The number of ether oxygens (including phenoxy) is 1. The molecule has 0 aliphatic carbocycles.